The molecule has 136 valence electrons. The molecule has 0 aromatic heterocycles. The summed E-state index contributed by atoms with van der Waals surface area (Å²) in [6.07, 6.45) is 8.47. The molecule has 2 atom stereocenters. The molecule has 0 aliphatic rings. The molecule has 0 heterocycles. The number of ether oxygens (including phenoxy) is 2. The Balaban J connectivity index is 3.77. The van der Waals surface area contributed by atoms with Gasteiger partial charge in [-0.1, -0.05) is 53.4 Å². The number of esters is 2. The van der Waals surface area contributed by atoms with Gasteiger partial charge < -0.3 is 9.47 Å². The molecule has 0 aliphatic carbocycles. The minimum atomic E-state index is -0.208. The van der Waals surface area contributed by atoms with Crippen molar-refractivity contribution in [1.29, 1.82) is 0 Å². The Hall–Kier alpha value is -1.06. The fourth-order valence-electron chi connectivity index (χ4n) is 2.63. The maximum atomic E-state index is 11.9. The van der Waals surface area contributed by atoms with Crippen molar-refractivity contribution in [2.45, 2.75) is 98.0 Å². The number of carbonyl (C=O) groups excluding carboxylic acids is 2. The van der Waals surface area contributed by atoms with E-state index in [1.165, 1.54) is 12.8 Å². The minimum Gasteiger partial charge on any atom is -0.466 e. The summed E-state index contributed by atoms with van der Waals surface area (Å²) in [5.41, 5.74) is 0. The van der Waals surface area contributed by atoms with Gasteiger partial charge in [0, 0.05) is 12.8 Å². The highest BCUT2D eigenvalue weighted by Gasteiger charge is 2.19. The van der Waals surface area contributed by atoms with E-state index in [2.05, 4.69) is 20.8 Å². The Kier molecular flexibility index (Phi) is 13.9. The van der Waals surface area contributed by atoms with Crippen molar-refractivity contribution in [2.75, 3.05) is 6.61 Å². The maximum Gasteiger partial charge on any atom is 0.306 e. The largest absolute Gasteiger partial charge is 0.466 e. The first-order chi connectivity index (χ1) is 11.0. The molecule has 0 aromatic carbocycles. The summed E-state index contributed by atoms with van der Waals surface area (Å²) in [7, 11) is 0. The van der Waals surface area contributed by atoms with Gasteiger partial charge in [-0.15, -0.1) is 0 Å². The average Bonchev–Trinajstić information content (AvgIpc) is 2.52. The molecule has 0 fully saturated rings. The van der Waals surface area contributed by atoms with E-state index in [0.717, 1.165) is 32.1 Å². The minimum absolute atomic E-state index is 0.00651. The molecule has 0 amide bonds. The maximum absolute atomic E-state index is 11.9. The molecule has 2 unspecified atom stereocenters. The van der Waals surface area contributed by atoms with E-state index in [4.69, 9.17) is 9.47 Å². The predicted molar refractivity (Wildman–Crippen MR) is 93.2 cm³/mol. The van der Waals surface area contributed by atoms with Crippen molar-refractivity contribution in [3.63, 3.8) is 0 Å². The predicted octanol–water partition coefficient (Wildman–Crippen LogP) is 5.04. The zero-order valence-electron chi connectivity index (χ0n) is 15.6. The van der Waals surface area contributed by atoms with Gasteiger partial charge in [0.1, 0.15) is 6.10 Å². The summed E-state index contributed by atoms with van der Waals surface area (Å²) in [6.45, 7) is 8.95. The monoisotopic (exact) mass is 328 g/mol. The lowest BCUT2D eigenvalue weighted by molar-refractivity contribution is -0.152. The zero-order valence-corrected chi connectivity index (χ0v) is 15.6. The van der Waals surface area contributed by atoms with E-state index in [0.29, 0.717) is 31.8 Å². The van der Waals surface area contributed by atoms with Gasteiger partial charge in [-0.05, 0) is 31.6 Å². The fourth-order valence-corrected chi connectivity index (χ4v) is 2.63. The number of carbonyl (C=O) groups is 2. The second-order valence-electron chi connectivity index (χ2n) is 6.34. The van der Waals surface area contributed by atoms with Crippen molar-refractivity contribution in [1.82, 2.24) is 0 Å². The van der Waals surface area contributed by atoms with Gasteiger partial charge in [0.2, 0.25) is 0 Å². The Labute approximate surface area is 142 Å². The van der Waals surface area contributed by atoms with E-state index in [1.807, 2.05) is 6.92 Å². The van der Waals surface area contributed by atoms with Crippen molar-refractivity contribution < 1.29 is 19.1 Å². The molecule has 4 nitrogen and oxygen atoms in total. The van der Waals surface area contributed by atoms with Gasteiger partial charge in [-0.25, -0.2) is 0 Å². The van der Waals surface area contributed by atoms with Gasteiger partial charge in [0.05, 0.1) is 6.61 Å². The van der Waals surface area contributed by atoms with Crippen molar-refractivity contribution in [2.24, 2.45) is 5.92 Å². The first kappa shape index (κ1) is 21.9. The van der Waals surface area contributed by atoms with Crippen LogP contribution >= 0.6 is 0 Å². The summed E-state index contributed by atoms with van der Waals surface area (Å²) in [5.74, 6) is -0.0155. The summed E-state index contributed by atoms with van der Waals surface area (Å²) < 4.78 is 10.7. The van der Waals surface area contributed by atoms with Crippen LogP contribution in [0.15, 0.2) is 0 Å². The molecule has 0 bridgehead atoms. The summed E-state index contributed by atoms with van der Waals surface area (Å²) in [6, 6.07) is 0. The van der Waals surface area contributed by atoms with E-state index >= 15 is 0 Å². The molecular formula is C19H36O4. The Morgan fingerprint density at radius 2 is 1.57 bits per heavy atom. The van der Waals surface area contributed by atoms with Crippen molar-refractivity contribution >= 4 is 11.9 Å². The van der Waals surface area contributed by atoms with Crippen LogP contribution in [-0.2, 0) is 19.1 Å². The molecule has 4 heteroatoms. The third kappa shape index (κ3) is 12.1. The number of unbranched alkanes of at least 4 members (excludes halogenated alkanes) is 3. The highest BCUT2D eigenvalue weighted by Crippen LogP contribution is 2.18. The van der Waals surface area contributed by atoms with Crippen LogP contribution in [0.25, 0.3) is 0 Å². The van der Waals surface area contributed by atoms with Gasteiger partial charge in [-0.2, -0.15) is 0 Å². The van der Waals surface area contributed by atoms with Gasteiger partial charge >= 0.3 is 11.9 Å². The molecule has 23 heavy (non-hydrogen) atoms. The second kappa shape index (κ2) is 14.5. The topological polar surface area (TPSA) is 52.6 Å². The lowest BCUT2D eigenvalue weighted by Gasteiger charge is -2.22. The quantitative estimate of drug-likeness (QED) is 0.331. The van der Waals surface area contributed by atoms with E-state index in [1.54, 1.807) is 0 Å². The van der Waals surface area contributed by atoms with Crippen LogP contribution < -0.4 is 0 Å². The summed E-state index contributed by atoms with van der Waals surface area (Å²) >= 11 is 0. The zero-order chi connectivity index (χ0) is 17.5. The van der Waals surface area contributed by atoms with Gasteiger partial charge in [-0.3, -0.25) is 9.59 Å². The lowest BCUT2D eigenvalue weighted by Crippen LogP contribution is -2.24. The molecule has 0 N–H and O–H groups in total. The molecule has 0 aliphatic heterocycles. The van der Waals surface area contributed by atoms with Crippen LogP contribution in [0.4, 0.5) is 0 Å². The lowest BCUT2D eigenvalue weighted by atomic mass is 9.97. The molecule has 0 radical (unpaired) electrons. The highest BCUT2D eigenvalue weighted by molar-refractivity contribution is 5.72. The Morgan fingerprint density at radius 1 is 0.870 bits per heavy atom. The molecule has 0 rings (SSSR count). The first-order valence-electron chi connectivity index (χ1n) is 9.40. The van der Waals surface area contributed by atoms with E-state index in [9.17, 15) is 9.59 Å². The van der Waals surface area contributed by atoms with E-state index < -0.39 is 0 Å². The Morgan fingerprint density at radius 3 is 2.17 bits per heavy atom. The molecular weight excluding hydrogens is 292 g/mol. The van der Waals surface area contributed by atoms with Crippen molar-refractivity contribution in [3.05, 3.63) is 0 Å². The number of rotatable bonds is 14. The summed E-state index contributed by atoms with van der Waals surface area (Å²) in [5, 5.41) is 0. The summed E-state index contributed by atoms with van der Waals surface area (Å²) in [4.78, 5) is 23.4. The van der Waals surface area contributed by atoms with Crippen LogP contribution in [0, 0.1) is 5.92 Å². The van der Waals surface area contributed by atoms with Crippen LogP contribution in [0.5, 0.6) is 0 Å². The van der Waals surface area contributed by atoms with Crippen LogP contribution in [0.2, 0.25) is 0 Å². The number of hydrogen-bond donors (Lipinski definition) is 0. The highest BCUT2D eigenvalue weighted by atomic mass is 16.5. The Bertz CT molecular complexity index is 314. The third-order valence-electron chi connectivity index (χ3n) is 4.09. The van der Waals surface area contributed by atoms with E-state index in [-0.39, 0.29) is 18.0 Å². The standard InChI is InChI=1S/C19H36O4/c1-5-8-9-10-15-22-18(20)13-11-14-19(21)23-17(7-3)16(4)12-6-2/h16-17H,5-15H2,1-4H3. The fraction of sp³-hybridized carbons (Fsp3) is 0.895. The van der Waals surface area contributed by atoms with Crippen LogP contribution in [0.1, 0.15) is 91.9 Å². The second-order valence-corrected chi connectivity index (χ2v) is 6.34. The van der Waals surface area contributed by atoms with Crippen LogP contribution in [0.3, 0.4) is 0 Å². The normalized spacial score (nSPS) is 13.4. The van der Waals surface area contributed by atoms with Crippen molar-refractivity contribution in [3.8, 4) is 0 Å². The molecule has 0 aromatic rings. The first-order valence-corrected chi connectivity index (χ1v) is 9.40. The smallest absolute Gasteiger partial charge is 0.306 e. The van der Waals surface area contributed by atoms with Gasteiger partial charge in [0.15, 0.2) is 0 Å². The number of hydrogen-bond acceptors (Lipinski definition) is 4. The van der Waals surface area contributed by atoms with Gasteiger partial charge in [0.25, 0.3) is 0 Å². The SMILES string of the molecule is CCCCCCOC(=O)CCCC(=O)OC(CC)C(C)CCC. The molecule has 0 spiro atoms. The molecule has 0 saturated carbocycles. The molecule has 0 saturated heterocycles. The van der Waals surface area contributed by atoms with Crippen LogP contribution in [-0.4, -0.2) is 24.6 Å². The third-order valence-corrected chi connectivity index (χ3v) is 4.09. The average molecular weight is 328 g/mol.